The van der Waals surface area contributed by atoms with Crippen molar-refractivity contribution < 1.29 is 13.2 Å². The van der Waals surface area contributed by atoms with Crippen LogP contribution in [0.5, 0.6) is 0 Å². The molecule has 1 amide bonds. The Morgan fingerprint density at radius 1 is 1.33 bits per heavy atom. The minimum atomic E-state index is -3.26. The summed E-state index contributed by atoms with van der Waals surface area (Å²) in [7, 11) is -3.26. The number of nitrogens with zero attached hydrogens (tertiary/aromatic N) is 1. The first kappa shape index (κ1) is 16.3. The average molecular weight is 328 g/mol. The maximum atomic E-state index is 12.1. The molecule has 1 aromatic rings. The average Bonchev–Trinajstić information content (AvgIpc) is 2.48. The number of nitrogens with one attached hydrogen (secondary N) is 1. The van der Waals surface area contributed by atoms with Crippen molar-refractivity contribution in [1.29, 1.82) is 0 Å². The van der Waals surface area contributed by atoms with E-state index in [1.54, 1.807) is 23.9 Å². The molecule has 0 saturated carbocycles. The van der Waals surface area contributed by atoms with Crippen LogP contribution in [0.2, 0.25) is 0 Å². The molecule has 7 heteroatoms. The van der Waals surface area contributed by atoms with E-state index in [1.807, 2.05) is 19.1 Å². The summed E-state index contributed by atoms with van der Waals surface area (Å²) in [4.78, 5) is 11.9. The van der Waals surface area contributed by atoms with Crippen LogP contribution in [0.4, 0.5) is 0 Å². The zero-order valence-electron chi connectivity index (χ0n) is 12.0. The molecule has 0 unspecified atom stereocenters. The smallest absolute Gasteiger partial charge is 0.251 e. The van der Waals surface area contributed by atoms with Crippen LogP contribution < -0.4 is 5.32 Å². The summed E-state index contributed by atoms with van der Waals surface area (Å²) in [5.41, 5.74) is 1.56. The molecule has 0 aliphatic carbocycles. The van der Waals surface area contributed by atoms with Crippen molar-refractivity contribution in [1.82, 2.24) is 9.62 Å². The molecule has 1 aliphatic heterocycles. The minimum absolute atomic E-state index is 0.0464. The predicted octanol–water partition coefficient (Wildman–Crippen LogP) is 1.10. The second-order valence-electron chi connectivity index (χ2n) is 4.95. The van der Waals surface area contributed by atoms with Crippen molar-refractivity contribution in [2.24, 2.45) is 0 Å². The van der Waals surface area contributed by atoms with Gasteiger partial charge >= 0.3 is 0 Å². The van der Waals surface area contributed by atoms with Gasteiger partial charge < -0.3 is 5.32 Å². The zero-order valence-corrected chi connectivity index (χ0v) is 13.7. The van der Waals surface area contributed by atoms with Gasteiger partial charge in [-0.3, -0.25) is 4.79 Å². The fourth-order valence-corrected chi connectivity index (χ4v) is 4.63. The number of rotatable bonds is 5. The highest BCUT2D eigenvalue weighted by Crippen LogP contribution is 2.13. The highest BCUT2D eigenvalue weighted by atomic mass is 32.2. The van der Waals surface area contributed by atoms with E-state index >= 15 is 0 Å². The van der Waals surface area contributed by atoms with E-state index in [0.29, 0.717) is 18.7 Å². The highest BCUT2D eigenvalue weighted by molar-refractivity contribution is 7.99. The fourth-order valence-electron chi connectivity index (χ4n) is 2.14. The molecule has 1 saturated heterocycles. The van der Waals surface area contributed by atoms with Gasteiger partial charge in [0.1, 0.15) is 0 Å². The third kappa shape index (κ3) is 4.72. The van der Waals surface area contributed by atoms with Crippen molar-refractivity contribution in [3.05, 3.63) is 35.4 Å². The quantitative estimate of drug-likeness (QED) is 0.879. The largest absolute Gasteiger partial charge is 0.351 e. The topological polar surface area (TPSA) is 66.5 Å². The molecule has 1 N–H and O–H groups in total. The van der Waals surface area contributed by atoms with E-state index in [1.165, 1.54) is 4.31 Å². The van der Waals surface area contributed by atoms with Gasteiger partial charge in [-0.2, -0.15) is 11.8 Å². The molecule has 116 valence electrons. The SMILES string of the molecule is Cc1cccc(C(=O)NCCS(=O)(=O)N2CCSCC2)c1. The Balaban J connectivity index is 1.84. The lowest BCUT2D eigenvalue weighted by Gasteiger charge is -2.25. The first-order valence-corrected chi connectivity index (χ1v) is 9.66. The zero-order chi connectivity index (χ0) is 15.3. The van der Waals surface area contributed by atoms with Gasteiger partial charge in [-0.1, -0.05) is 17.7 Å². The Bertz CT molecular complexity index is 596. The van der Waals surface area contributed by atoms with Crippen LogP contribution in [-0.2, 0) is 10.0 Å². The van der Waals surface area contributed by atoms with Gasteiger partial charge in [0.15, 0.2) is 0 Å². The Hall–Kier alpha value is -1.05. The molecule has 0 atom stereocenters. The van der Waals surface area contributed by atoms with E-state index in [2.05, 4.69) is 5.32 Å². The van der Waals surface area contributed by atoms with Gasteiger partial charge in [-0.25, -0.2) is 12.7 Å². The van der Waals surface area contributed by atoms with Crippen LogP contribution in [-0.4, -0.2) is 55.5 Å². The third-order valence-corrected chi connectivity index (χ3v) is 6.10. The number of carbonyl (C=O) groups excluding carboxylic acids is 1. The summed E-state index contributed by atoms with van der Waals surface area (Å²) in [5.74, 6) is 1.40. The number of benzene rings is 1. The lowest BCUT2D eigenvalue weighted by Crippen LogP contribution is -2.41. The molecule has 0 aromatic heterocycles. The molecule has 2 rings (SSSR count). The number of aryl methyl sites for hydroxylation is 1. The second-order valence-corrected chi connectivity index (χ2v) is 8.27. The summed E-state index contributed by atoms with van der Waals surface area (Å²) in [6.45, 7) is 3.19. The standard InChI is InChI=1S/C14H20N2O3S2/c1-12-3-2-4-13(11-12)14(17)15-5-10-21(18,19)16-6-8-20-9-7-16/h2-4,11H,5-10H2,1H3,(H,15,17). The maximum absolute atomic E-state index is 12.1. The van der Waals surface area contributed by atoms with E-state index < -0.39 is 10.0 Å². The van der Waals surface area contributed by atoms with Gasteiger partial charge in [-0.05, 0) is 19.1 Å². The summed E-state index contributed by atoms with van der Waals surface area (Å²) in [6.07, 6.45) is 0. The fraction of sp³-hybridized carbons (Fsp3) is 0.500. The molecule has 5 nitrogen and oxygen atoms in total. The van der Waals surface area contributed by atoms with Crippen molar-refractivity contribution in [2.75, 3.05) is 36.9 Å². The van der Waals surface area contributed by atoms with Gasteiger partial charge in [0.25, 0.3) is 5.91 Å². The number of hydrogen-bond donors (Lipinski definition) is 1. The monoisotopic (exact) mass is 328 g/mol. The van der Waals surface area contributed by atoms with Crippen molar-refractivity contribution >= 4 is 27.7 Å². The second kappa shape index (κ2) is 7.29. The van der Waals surface area contributed by atoms with Crippen LogP contribution in [0.15, 0.2) is 24.3 Å². The molecule has 0 radical (unpaired) electrons. The van der Waals surface area contributed by atoms with Crippen LogP contribution in [0.1, 0.15) is 15.9 Å². The normalized spacial score (nSPS) is 16.6. The molecule has 1 heterocycles. The Morgan fingerprint density at radius 3 is 2.71 bits per heavy atom. The Labute approximate surface area is 130 Å². The lowest BCUT2D eigenvalue weighted by atomic mass is 10.1. The number of carbonyl (C=O) groups is 1. The molecule has 0 spiro atoms. The Kier molecular flexibility index (Phi) is 5.66. The first-order chi connectivity index (χ1) is 9.99. The maximum Gasteiger partial charge on any atom is 0.251 e. The summed E-state index contributed by atoms with van der Waals surface area (Å²) in [6, 6.07) is 7.23. The van der Waals surface area contributed by atoms with E-state index in [9.17, 15) is 13.2 Å². The Morgan fingerprint density at radius 2 is 2.05 bits per heavy atom. The number of sulfonamides is 1. The third-order valence-electron chi connectivity index (χ3n) is 3.29. The van der Waals surface area contributed by atoms with Crippen LogP contribution in [0.25, 0.3) is 0 Å². The van der Waals surface area contributed by atoms with Crippen molar-refractivity contribution in [2.45, 2.75) is 6.92 Å². The van der Waals surface area contributed by atoms with Gasteiger partial charge in [0.05, 0.1) is 5.75 Å². The molecular formula is C14H20N2O3S2. The predicted molar refractivity (Wildman–Crippen MR) is 86.2 cm³/mol. The molecule has 0 bridgehead atoms. The van der Waals surface area contributed by atoms with E-state index in [-0.39, 0.29) is 18.2 Å². The number of hydrogen-bond acceptors (Lipinski definition) is 4. The van der Waals surface area contributed by atoms with Crippen LogP contribution >= 0.6 is 11.8 Å². The van der Waals surface area contributed by atoms with Crippen LogP contribution in [0.3, 0.4) is 0 Å². The molecule has 21 heavy (non-hydrogen) atoms. The minimum Gasteiger partial charge on any atom is -0.351 e. The van der Waals surface area contributed by atoms with Crippen LogP contribution in [0, 0.1) is 6.92 Å². The first-order valence-electron chi connectivity index (χ1n) is 6.89. The molecular weight excluding hydrogens is 308 g/mol. The van der Waals surface area contributed by atoms with Crippen molar-refractivity contribution in [3.63, 3.8) is 0 Å². The van der Waals surface area contributed by atoms with Gasteiger partial charge in [0.2, 0.25) is 10.0 Å². The summed E-state index contributed by atoms with van der Waals surface area (Å²) in [5, 5.41) is 2.67. The number of amides is 1. The highest BCUT2D eigenvalue weighted by Gasteiger charge is 2.23. The van der Waals surface area contributed by atoms with Gasteiger partial charge in [0, 0.05) is 36.7 Å². The lowest BCUT2D eigenvalue weighted by molar-refractivity contribution is 0.0956. The van der Waals surface area contributed by atoms with E-state index in [0.717, 1.165) is 17.1 Å². The number of thioether (sulfide) groups is 1. The molecule has 1 aliphatic rings. The summed E-state index contributed by atoms with van der Waals surface area (Å²) >= 11 is 1.77. The molecule has 1 aromatic carbocycles. The van der Waals surface area contributed by atoms with Crippen molar-refractivity contribution in [3.8, 4) is 0 Å². The van der Waals surface area contributed by atoms with E-state index in [4.69, 9.17) is 0 Å². The summed E-state index contributed by atoms with van der Waals surface area (Å²) < 4.78 is 25.8. The van der Waals surface area contributed by atoms with Gasteiger partial charge in [-0.15, -0.1) is 0 Å². The molecule has 1 fully saturated rings.